The lowest BCUT2D eigenvalue weighted by molar-refractivity contribution is 0.125. The summed E-state index contributed by atoms with van der Waals surface area (Å²) in [7, 11) is 0. The van der Waals surface area contributed by atoms with Crippen LogP contribution in [0.3, 0.4) is 0 Å². The molecule has 1 atom stereocenters. The van der Waals surface area contributed by atoms with Crippen molar-refractivity contribution in [2.45, 2.75) is 33.4 Å². The van der Waals surface area contributed by atoms with Crippen molar-refractivity contribution < 1.29 is 14.2 Å². The van der Waals surface area contributed by atoms with Gasteiger partial charge < -0.3 is 24.8 Å². The van der Waals surface area contributed by atoms with Gasteiger partial charge in [-0.3, -0.25) is 0 Å². The van der Waals surface area contributed by atoms with Crippen LogP contribution < -0.4 is 15.4 Å². The average Bonchev–Trinajstić information content (AvgIpc) is 3.31. The van der Waals surface area contributed by atoms with E-state index in [1.54, 1.807) is 0 Å². The Morgan fingerprint density at radius 2 is 2.03 bits per heavy atom. The highest BCUT2D eigenvalue weighted by molar-refractivity contribution is 5.79. The van der Waals surface area contributed by atoms with Crippen molar-refractivity contribution in [2.75, 3.05) is 39.5 Å². The summed E-state index contributed by atoms with van der Waals surface area (Å²) < 4.78 is 17.3. The highest BCUT2D eigenvalue weighted by Crippen LogP contribution is 2.23. The molecule has 3 rings (SSSR count). The molecular formula is C25H35N3O3. The molecule has 0 aliphatic carbocycles. The molecule has 2 aromatic rings. The van der Waals surface area contributed by atoms with Crippen LogP contribution in [-0.4, -0.2) is 45.5 Å². The minimum Gasteiger partial charge on any atom is -0.493 e. The van der Waals surface area contributed by atoms with E-state index in [4.69, 9.17) is 19.2 Å². The first-order chi connectivity index (χ1) is 15.2. The zero-order valence-corrected chi connectivity index (χ0v) is 18.7. The van der Waals surface area contributed by atoms with Gasteiger partial charge >= 0.3 is 0 Å². The van der Waals surface area contributed by atoms with Gasteiger partial charge in [-0.2, -0.15) is 0 Å². The number of rotatable bonds is 11. The van der Waals surface area contributed by atoms with Gasteiger partial charge in [0.25, 0.3) is 0 Å². The Hall–Kier alpha value is -2.57. The first-order valence-corrected chi connectivity index (χ1v) is 11.2. The van der Waals surface area contributed by atoms with Gasteiger partial charge in [0.2, 0.25) is 0 Å². The maximum atomic E-state index is 6.14. The van der Waals surface area contributed by atoms with Gasteiger partial charge in [-0.1, -0.05) is 42.5 Å². The summed E-state index contributed by atoms with van der Waals surface area (Å²) in [6.07, 6.45) is 1.07. The van der Waals surface area contributed by atoms with Gasteiger partial charge in [-0.25, -0.2) is 4.99 Å². The van der Waals surface area contributed by atoms with Crippen LogP contribution in [0.15, 0.2) is 53.5 Å². The summed E-state index contributed by atoms with van der Waals surface area (Å²) in [4.78, 5) is 4.74. The summed E-state index contributed by atoms with van der Waals surface area (Å²) in [5, 5.41) is 6.64. The fourth-order valence-corrected chi connectivity index (χ4v) is 3.36. The van der Waals surface area contributed by atoms with Crippen LogP contribution in [0, 0.1) is 12.8 Å². The van der Waals surface area contributed by atoms with Crippen LogP contribution in [0.1, 0.15) is 30.0 Å². The predicted octanol–water partition coefficient (Wildman–Crippen LogP) is 3.68. The third-order valence-electron chi connectivity index (χ3n) is 5.12. The van der Waals surface area contributed by atoms with Crippen molar-refractivity contribution >= 4 is 5.96 Å². The second kappa shape index (κ2) is 13.0. The summed E-state index contributed by atoms with van der Waals surface area (Å²) in [6.45, 7) is 9.74. The Labute approximate surface area is 186 Å². The molecule has 6 heteroatoms. The number of aliphatic imine (C=N–C) groups is 1. The van der Waals surface area contributed by atoms with E-state index in [2.05, 4.69) is 54.8 Å². The van der Waals surface area contributed by atoms with Crippen molar-refractivity contribution in [1.29, 1.82) is 0 Å². The van der Waals surface area contributed by atoms with E-state index in [1.165, 1.54) is 11.1 Å². The van der Waals surface area contributed by atoms with Crippen molar-refractivity contribution in [3.05, 3.63) is 65.2 Å². The molecule has 1 unspecified atom stereocenters. The largest absolute Gasteiger partial charge is 0.493 e. The van der Waals surface area contributed by atoms with Crippen molar-refractivity contribution in [2.24, 2.45) is 10.9 Å². The molecule has 6 nitrogen and oxygen atoms in total. The van der Waals surface area contributed by atoms with Crippen LogP contribution in [0.25, 0.3) is 0 Å². The molecule has 0 aromatic heterocycles. The number of aryl methyl sites for hydroxylation is 1. The molecule has 1 heterocycles. The number of guanidine groups is 1. The van der Waals surface area contributed by atoms with E-state index in [9.17, 15) is 0 Å². The smallest absolute Gasteiger partial charge is 0.191 e. The molecule has 2 N–H and O–H groups in total. The summed E-state index contributed by atoms with van der Waals surface area (Å²) in [5.41, 5.74) is 3.45. The molecular weight excluding hydrogens is 390 g/mol. The topological polar surface area (TPSA) is 64.1 Å². The maximum Gasteiger partial charge on any atom is 0.191 e. The number of ether oxygens (including phenoxy) is 3. The normalized spacial score (nSPS) is 16.3. The average molecular weight is 426 g/mol. The van der Waals surface area contributed by atoms with E-state index >= 15 is 0 Å². The van der Waals surface area contributed by atoms with Crippen LogP contribution in [-0.2, 0) is 22.6 Å². The van der Waals surface area contributed by atoms with Crippen molar-refractivity contribution in [1.82, 2.24) is 10.6 Å². The molecule has 2 aromatic carbocycles. The summed E-state index contributed by atoms with van der Waals surface area (Å²) >= 11 is 0. The van der Waals surface area contributed by atoms with Gasteiger partial charge in [0.05, 0.1) is 33.0 Å². The van der Waals surface area contributed by atoms with E-state index < -0.39 is 0 Å². The van der Waals surface area contributed by atoms with Gasteiger partial charge in [0.15, 0.2) is 5.96 Å². The number of benzene rings is 2. The van der Waals surface area contributed by atoms with Gasteiger partial charge in [0, 0.05) is 31.2 Å². The minimum atomic E-state index is 0.478. The number of nitrogens with zero attached hydrogens (tertiary/aromatic N) is 1. The molecule has 1 saturated heterocycles. The molecule has 1 aliphatic rings. The first-order valence-electron chi connectivity index (χ1n) is 11.2. The summed E-state index contributed by atoms with van der Waals surface area (Å²) in [6, 6.07) is 16.5. The standard InChI is InChI=1S/C25H35N3O3/c1-3-26-25(27-12-14-30-17-21-7-5-4-6-8-21)28-16-23-10-9-20(2)15-24(23)31-19-22-11-13-29-18-22/h4-10,15,22H,3,11-14,16-19H2,1-2H3,(H2,26,27,28). The third-order valence-corrected chi connectivity index (χ3v) is 5.12. The molecule has 1 aliphatic heterocycles. The molecule has 31 heavy (non-hydrogen) atoms. The van der Waals surface area contributed by atoms with E-state index in [-0.39, 0.29) is 0 Å². The fraction of sp³-hybridized carbons (Fsp3) is 0.480. The monoisotopic (exact) mass is 425 g/mol. The minimum absolute atomic E-state index is 0.478. The quantitative estimate of drug-likeness (QED) is 0.327. The van der Waals surface area contributed by atoms with E-state index in [0.29, 0.717) is 38.8 Å². The number of nitrogens with one attached hydrogen (secondary N) is 2. The third kappa shape index (κ3) is 8.23. The molecule has 168 valence electrons. The van der Waals surface area contributed by atoms with Crippen molar-refractivity contribution in [3.63, 3.8) is 0 Å². The summed E-state index contributed by atoms with van der Waals surface area (Å²) in [5.74, 6) is 2.17. The van der Waals surface area contributed by atoms with Gasteiger partial charge in [-0.15, -0.1) is 0 Å². The highest BCUT2D eigenvalue weighted by atomic mass is 16.5. The Bertz CT molecular complexity index is 805. The number of hydrogen-bond acceptors (Lipinski definition) is 4. The number of hydrogen-bond donors (Lipinski definition) is 2. The first kappa shape index (κ1) is 23.1. The van der Waals surface area contributed by atoms with Crippen LogP contribution in [0.2, 0.25) is 0 Å². The van der Waals surface area contributed by atoms with E-state index in [0.717, 1.165) is 43.5 Å². The fourth-order valence-electron chi connectivity index (χ4n) is 3.36. The zero-order chi connectivity index (χ0) is 21.7. The Kier molecular flexibility index (Phi) is 9.67. The maximum absolute atomic E-state index is 6.14. The Morgan fingerprint density at radius 1 is 1.16 bits per heavy atom. The van der Waals surface area contributed by atoms with Crippen LogP contribution >= 0.6 is 0 Å². The predicted molar refractivity (Wildman–Crippen MR) is 125 cm³/mol. The second-order valence-electron chi connectivity index (χ2n) is 7.81. The molecule has 1 fully saturated rings. The van der Waals surface area contributed by atoms with Gasteiger partial charge in [-0.05, 0) is 37.5 Å². The van der Waals surface area contributed by atoms with Crippen molar-refractivity contribution in [3.8, 4) is 5.75 Å². The SMILES string of the molecule is CCNC(=NCc1ccc(C)cc1OCC1CCOC1)NCCOCc1ccccc1. The second-order valence-corrected chi connectivity index (χ2v) is 7.81. The van der Waals surface area contributed by atoms with Gasteiger partial charge in [0.1, 0.15) is 5.75 Å². The Morgan fingerprint density at radius 3 is 2.81 bits per heavy atom. The zero-order valence-electron chi connectivity index (χ0n) is 18.7. The lowest BCUT2D eigenvalue weighted by Crippen LogP contribution is -2.39. The molecule has 0 amide bonds. The lowest BCUT2D eigenvalue weighted by atomic mass is 10.1. The van der Waals surface area contributed by atoms with Crippen LogP contribution in [0.4, 0.5) is 0 Å². The molecule has 0 bridgehead atoms. The molecule has 0 saturated carbocycles. The lowest BCUT2D eigenvalue weighted by Gasteiger charge is -2.15. The highest BCUT2D eigenvalue weighted by Gasteiger charge is 2.17. The molecule has 0 spiro atoms. The van der Waals surface area contributed by atoms with E-state index in [1.807, 2.05) is 18.2 Å². The van der Waals surface area contributed by atoms with Crippen LogP contribution in [0.5, 0.6) is 5.75 Å². The molecule has 0 radical (unpaired) electrons. The Balaban J connectivity index is 1.49.